The van der Waals surface area contributed by atoms with Gasteiger partial charge in [-0.05, 0) is 0 Å². The van der Waals surface area contributed by atoms with Gasteiger partial charge in [0, 0.05) is 19.6 Å². The van der Waals surface area contributed by atoms with E-state index in [0.717, 1.165) is 0 Å². The molecular weight excluding hydrogens is 196 g/mol. The van der Waals surface area contributed by atoms with Crippen molar-refractivity contribution >= 4 is 10.0 Å². The lowest BCUT2D eigenvalue weighted by atomic mass is 10.3. The summed E-state index contributed by atoms with van der Waals surface area (Å²) in [6, 6.07) is 0. The maximum Gasteiger partial charge on any atom is 0.210 e. The number of hydrogen-bond donors (Lipinski definition) is 3. The molecule has 0 aliphatic carbocycles. The number of aliphatic hydroxyl groups excluding tert-OH is 2. The molecule has 0 aromatic heterocycles. The van der Waals surface area contributed by atoms with Crippen molar-refractivity contribution in [1.82, 2.24) is 4.90 Å². The van der Waals surface area contributed by atoms with Crippen LogP contribution in [-0.4, -0.2) is 61.1 Å². The fraction of sp³-hybridized carbons (Fsp3) is 1.00. The molecule has 0 saturated carbocycles. The molecular formula is C6H14N2O4S. The number of nitrogens with two attached hydrogens (primary N) is 1. The average molecular weight is 210 g/mol. The lowest BCUT2D eigenvalue weighted by molar-refractivity contribution is 0.0572. The fourth-order valence-corrected chi connectivity index (χ4v) is 1.80. The highest BCUT2D eigenvalue weighted by Crippen LogP contribution is 2.08. The second-order valence-corrected chi connectivity index (χ2v) is 5.00. The molecule has 0 spiro atoms. The summed E-state index contributed by atoms with van der Waals surface area (Å²) in [5, 5.41) is 23.1. The van der Waals surface area contributed by atoms with Crippen molar-refractivity contribution in [3.63, 3.8) is 0 Å². The van der Waals surface area contributed by atoms with Gasteiger partial charge in [-0.15, -0.1) is 0 Å². The molecule has 0 radical (unpaired) electrons. The maximum absolute atomic E-state index is 10.6. The van der Waals surface area contributed by atoms with Crippen LogP contribution < -0.4 is 5.14 Å². The first-order valence-electron chi connectivity index (χ1n) is 3.97. The SMILES string of the molecule is NS(=O)(=O)CCN1CC(O)C(O)C1. The Morgan fingerprint density at radius 3 is 2.15 bits per heavy atom. The van der Waals surface area contributed by atoms with Gasteiger partial charge in [0.25, 0.3) is 0 Å². The molecule has 1 heterocycles. The summed E-state index contributed by atoms with van der Waals surface area (Å²) in [6.07, 6.45) is -1.55. The predicted octanol–water partition coefficient (Wildman–Crippen LogP) is -2.69. The van der Waals surface area contributed by atoms with Crippen LogP contribution in [0.4, 0.5) is 0 Å². The zero-order valence-electron chi connectivity index (χ0n) is 7.13. The van der Waals surface area contributed by atoms with Gasteiger partial charge in [-0.2, -0.15) is 0 Å². The minimum atomic E-state index is -3.45. The zero-order valence-corrected chi connectivity index (χ0v) is 7.94. The van der Waals surface area contributed by atoms with E-state index in [1.807, 2.05) is 0 Å². The second kappa shape index (κ2) is 3.89. The number of sulfonamides is 1. The molecule has 1 rings (SSSR count). The molecule has 13 heavy (non-hydrogen) atoms. The maximum atomic E-state index is 10.6. The summed E-state index contributed by atoms with van der Waals surface area (Å²) in [5.74, 6) is -0.146. The van der Waals surface area contributed by atoms with E-state index in [0.29, 0.717) is 13.1 Å². The molecule has 0 aromatic carbocycles. The Balaban J connectivity index is 2.33. The van der Waals surface area contributed by atoms with Crippen molar-refractivity contribution in [3.8, 4) is 0 Å². The third-order valence-corrected chi connectivity index (χ3v) is 2.78. The number of β-amino-alcohol motifs (C(OH)–C–C–N with tert-alkyl or cyclic N) is 2. The standard InChI is InChI=1S/C6H14N2O4S/c7-13(11,12)2-1-8-3-5(9)6(10)4-8/h5-6,9-10H,1-4H2,(H2,7,11,12). The number of aliphatic hydroxyl groups is 2. The van der Waals surface area contributed by atoms with Crippen molar-refractivity contribution in [1.29, 1.82) is 0 Å². The third-order valence-electron chi connectivity index (χ3n) is 2.03. The minimum absolute atomic E-state index is 0.146. The van der Waals surface area contributed by atoms with E-state index in [1.165, 1.54) is 0 Å². The molecule has 2 atom stereocenters. The molecule has 0 amide bonds. The lowest BCUT2D eigenvalue weighted by Gasteiger charge is -2.12. The van der Waals surface area contributed by atoms with Gasteiger partial charge in [0.2, 0.25) is 10.0 Å². The highest BCUT2D eigenvalue weighted by Gasteiger charge is 2.29. The average Bonchev–Trinajstić information content (AvgIpc) is 2.27. The Morgan fingerprint density at radius 1 is 1.31 bits per heavy atom. The van der Waals surface area contributed by atoms with Crippen molar-refractivity contribution in [2.75, 3.05) is 25.4 Å². The van der Waals surface area contributed by atoms with Crippen LogP contribution in [0.15, 0.2) is 0 Å². The largest absolute Gasteiger partial charge is 0.389 e. The van der Waals surface area contributed by atoms with Crippen molar-refractivity contribution < 1.29 is 18.6 Å². The molecule has 6 nitrogen and oxygen atoms in total. The summed E-state index contributed by atoms with van der Waals surface area (Å²) >= 11 is 0. The molecule has 1 saturated heterocycles. The number of primary sulfonamides is 1. The highest BCUT2D eigenvalue weighted by molar-refractivity contribution is 7.89. The Kier molecular flexibility index (Phi) is 3.25. The van der Waals surface area contributed by atoms with E-state index in [1.54, 1.807) is 4.90 Å². The van der Waals surface area contributed by atoms with E-state index in [9.17, 15) is 8.42 Å². The van der Waals surface area contributed by atoms with Crippen molar-refractivity contribution in [2.45, 2.75) is 12.2 Å². The summed E-state index contributed by atoms with van der Waals surface area (Å²) in [5.41, 5.74) is 0. The number of rotatable bonds is 3. The van der Waals surface area contributed by atoms with Crippen LogP contribution in [0, 0.1) is 0 Å². The lowest BCUT2D eigenvalue weighted by Crippen LogP contribution is -2.31. The molecule has 1 fully saturated rings. The van der Waals surface area contributed by atoms with Gasteiger partial charge in [0.05, 0.1) is 18.0 Å². The Bertz CT molecular complexity index is 256. The van der Waals surface area contributed by atoms with Crippen LogP contribution in [-0.2, 0) is 10.0 Å². The van der Waals surface area contributed by atoms with Crippen LogP contribution in [0.1, 0.15) is 0 Å². The van der Waals surface area contributed by atoms with E-state index in [2.05, 4.69) is 0 Å². The normalized spacial score (nSPS) is 31.0. The summed E-state index contributed by atoms with van der Waals surface area (Å²) in [7, 11) is -3.45. The number of nitrogens with zero attached hydrogens (tertiary/aromatic N) is 1. The smallest absolute Gasteiger partial charge is 0.210 e. The summed E-state index contributed by atoms with van der Waals surface area (Å²) < 4.78 is 21.2. The fourth-order valence-electron chi connectivity index (χ4n) is 1.29. The first-order valence-corrected chi connectivity index (χ1v) is 5.69. The van der Waals surface area contributed by atoms with Gasteiger partial charge in [-0.25, -0.2) is 13.6 Å². The second-order valence-electron chi connectivity index (χ2n) is 3.26. The topological polar surface area (TPSA) is 104 Å². The Hall–Kier alpha value is -0.210. The molecule has 2 unspecified atom stereocenters. The monoisotopic (exact) mass is 210 g/mol. The molecule has 7 heteroatoms. The first kappa shape index (κ1) is 10.9. The molecule has 78 valence electrons. The number of likely N-dealkylation sites (tertiary alicyclic amines) is 1. The first-order chi connectivity index (χ1) is 5.88. The Morgan fingerprint density at radius 2 is 1.77 bits per heavy atom. The van der Waals surface area contributed by atoms with Crippen molar-refractivity contribution in [3.05, 3.63) is 0 Å². The van der Waals surface area contributed by atoms with Gasteiger partial charge in [-0.1, -0.05) is 0 Å². The quantitative estimate of drug-likeness (QED) is 0.470. The van der Waals surface area contributed by atoms with Gasteiger partial charge >= 0.3 is 0 Å². The molecule has 0 aromatic rings. The van der Waals surface area contributed by atoms with Gasteiger partial charge in [-0.3, -0.25) is 4.90 Å². The van der Waals surface area contributed by atoms with E-state index in [-0.39, 0.29) is 12.3 Å². The third kappa shape index (κ3) is 3.57. The van der Waals surface area contributed by atoms with E-state index < -0.39 is 22.2 Å². The van der Waals surface area contributed by atoms with Gasteiger partial charge in [0.15, 0.2) is 0 Å². The highest BCUT2D eigenvalue weighted by atomic mass is 32.2. The van der Waals surface area contributed by atoms with Crippen LogP contribution in [0.5, 0.6) is 0 Å². The predicted molar refractivity (Wildman–Crippen MR) is 46.4 cm³/mol. The van der Waals surface area contributed by atoms with Crippen LogP contribution in [0.3, 0.4) is 0 Å². The summed E-state index contributed by atoms with van der Waals surface area (Å²) in [4.78, 5) is 1.67. The molecule has 1 aliphatic heterocycles. The Labute approximate surface area is 77.0 Å². The molecule has 4 N–H and O–H groups in total. The zero-order chi connectivity index (χ0) is 10.1. The number of hydrogen-bond acceptors (Lipinski definition) is 5. The minimum Gasteiger partial charge on any atom is -0.389 e. The van der Waals surface area contributed by atoms with Gasteiger partial charge < -0.3 is 10.2 Å². The van der Waals surface area contributed by atoms with Crippen LogP contribution in [0.25, 0.3) is 0 Å². The van der Waals surface area contributed by atoms with E-state index in [4.69, 9.17) is 15.4 Å². The van der Waals surface area contributed by atoms with Gasteiger partial charge in [0.1, 0.15) is 0 Å². The van der Waals surface area contributed by atoms with Crippen LogP contribution >= 0.6 is 0 Å². The van der Waals surface area contributed by atoms with E-state index >= 15 is 0 Å². The van der Waals surface area contributed by atoms with Crippen molar-refractivity contribution in [2.24, 2.45) is 5.14 Å². The summed E-state index contributed by atoms with van der Waals surface area (Å²) in [6.45, 7) is 0.861. The molecule has 0 bridgehead atoms. The molecule has 1 aliphatic rings. The van der Waals surface area contributed by atoms with Crippen LogP contribution in [0.2, 0.25) is 0 Å².